The number of rotatable bonds is 5. The van der Waals surface area contributed by atoms with Crippen LogP contribution in [0.1, 0.15) is 69.8 Å². The maximum atomic E-state index is 13.5. The van der Waals surface area contributed by atoms with Crippen LogP contribution in [0, 0.1) is 0 Å². The zero-order valence-electron chi connectivity index (χ0n) is 18.6. The molecule has 1 fully saturated rings. The van der Waals surface area contributed by atoms with Crippen LogP contribution in [0.2, 0.25) is 0 Å². The summed E-state index contributed by atoms with van der Waals surface area (Å²) >= 11 is 0. The van der Waals surface area contributed by atoms with Gasteiger partial charge in [0.15, 0.2) is 17.3 Å². The summed E-state index contributed by atoms with van der Waals surface area (Å²) < 4.78 is 17.2. The van der Waals surface area contributed by atoms with Crippen LogP contribution >= 0.6 is 0 Å². The Morgan fingerprint density at radius 3 is 2.52 bits per heavy atom. The summed E-state index contributed by atoms with van der Waals surface area (Å²) in [5.74, 6) is 0.292. The molecule has 1 N–H and O–H groups in total. The quantitative estimate of drug-likeness (QED) is 0.698. The van der Waals surface area contributed by atoms with Gasteiger partial charge in [0.2, 0.25) is 0 Å². The summed E-state index contributed by atoms with van der Waals surface area (Å²) in [5, 5.41) is 3.35. The van der Waals surface area contributed by atoms with Gasteiger partial charge in [-0.15, -0.1) is 0 Å². The van der Waals surface area contributed by atoms with Gasteiger partial charge in [-0.2, -0.15) is 0 Å². The molecule has 1 atom stereocenters. The highest BCUT2D eigenvalue weighted by Gasteiger charge is 2.41. The molecule has 3 aliphatic rings. The van der Waals surface area contributed by atoms with E-state index in [1.165, 1.54) is 6.42 Å². The topological polar surface area (TPSA) is 73.9 Å². The van der Waals surface area contributed by atoms with Gasteiger partial charge in [-0.05, 0) is 51.5 Å². The van der Waals surface area contributed by atoms with E-state index in [0.717, 1.165) is 55.5 Å². The normalized spacial score (nSPS) is 22.0. The lowest BCUT2D eigenvalue weighted by Gasteiger charge is -2.35. The number of ether oxygens (including phenoxy) is 3. The van der Waals surface area contributed by atoms with Crippen LogP contribution in [0.4, 0.5) is 0 Å². The Hall–Kier alpha value is -2.76. The van der Waals surface area contributed by atoms with Crippen LogP contribution in [0.15, 0.2) is 40.7 Å². The zero-order chi connectivity index (χ0) is 22.0. The van der Waals surface area contributed by atoms with E-state index < -0.39 is 5.92 Å². The number of dihydropyridines is 1. The molecule has 0 aromatic heterocycles. The number of benzene rings is 1. The number of nitrogens with one attached hydrogen (secondary N) is 1. The van der Waals surface area contributed by atoms with Crippen LogP contribution in [0.25, 0.3) is 0 Å². The molecule has 6 heteroatoms. The fraction of sp³-hybridized carbons (Fsp3) is 0.520. The van der Waals surface area contributed by atoms with Gasteiger partial charge in [-0.1, -0.05) is 18.6 Å². The molecule has 31 heavy (non-hydrogen) atoms. The minimum absolute atomic E-state index is 0.0631. The molecule has 2 aliphatic carbocycles. The second kappa shape index (κ2) is 9.16. The van der Waals surface area contributed by atoms with E-state index in [-0.39, 0.29) is 17.9 Å². The lowest BCUT2D eigenvalue weighted by molar-refractivity contribution is -0.146. The smallest absolute Gasteiger partial charge is 0.337 e. The van der Waals surface area contributed by atoms with Crippen LogP contribution in [0.3, 0.4) is 0 Å². The number of ketones is 1. The van der Waals surface area contributed by atoms with E-state index in [9.17, 15) is 9.59 Å². The van der Waals surface area contributed by atoms with Crippen molar-refractivity contribution in [2.24, 2.45) is 0 Å². The average Bonchev–Trinajstić information content (AvgIpc) is 2.78. The molecule has 0 bridgehead atoms. The van der Waals surface area contributed by atoms with E-state index in [0.29, 0.717) is 29.1 Å². The first-order chi connectivity index (χ1) is 15.0. The van der Waals surface area contributed by atoms with E-state index in [1.54, 1.807) is 14.2 Å². The third-order valence-corrected chi connectivity index (χ3v) is 6.57. The van der Waals surface area contributed by atoms with Crippen molar-refractivity contribution in [3.8, 4) is 11.5 Å². The number of methoxy groups -OCH3 is 2. The summed E-state index contributed by atoms with van der Waals surface area (Å²) in [7, 11) is 3.16. The number of hydrogen-bond acceptors (Lipinski definition) is 6. The average molecular weight is 426 g/mol. The zero-order valence-corrected chi connectivity index (χ0v) is 18.6. The number of allylic oxidation sites excluding steroid dienone is 3. The Morgan fingerprint density at radius 2 is 1.81 bits per heavy atom. The van der Waals surface area contributed by atoms with Crippen molar-refractivity contribution in [2.75, 3.05) is 14.2 Å². The molecule has 0 unspecified atom stereocenters. The van der Waals surface area contributed by atoms with Gasteiger partial charge >= 0.3 is 5.97 Å². The van der Waals surface area contributed by atoms with Crippen LogP contribution < -0.4 is 14.8 Å². The fourth-order valence-electron chi connectivity index (χ4n) is 5.10. The number of hydrogen-bond donors (Lipinski definition) is 1. The molecular formula is C25H31NO5. The second-order valence-electron chi connectivity index (χ2n) is 8.51. The van der Waals surface area contributed by atoms with Crippen molar-refractivity contribution in [1.29, 1.82) is 0 Å². The first-order valence-electron chi connectivity index (χ1n) is 11.2. The minimum atomic E-state index is -0.537. The summed E-state index contributed by atoms with van der Waals surface area (Å²) in [6, 6.07) is 5.59. The molecule has 0 spiro atoms. The summed E-state index contributed by atoms with van der Waals surface area (Å²) in [6.45, 7) is 1.89. The maximum absolute atomic E-state index is 13.5. The molecule has 1 aliphatic heterocycles. The summed E-state index contributed by atoms with van der Waals surface area (Å²) in [4.78, 5) is 26.6. The van der Waals surface area contributed by atoms with Gasteiger partial charge in [0, 0.05) is 29.0 Å². The van der Waals surface area contributed by atoms with Crippen molar-refractivity contribution in [2.45, 2.75) is 70.3 Å². The third kappa shape index (κ3) is 4.08. The number of carbonyl (C=O) groups is 2. The Kier molecular flexibility index (Phi) is 6.35. The highest BCUT2D eigenvalue weighted by molar-refractivity contribution is 6.04. The molecule has 1 aromatic carbocycles. The molecule has 0 radical (unpaired) electrons. The first-order valence-corrected chi connectivity index (χ1v) is 11.2. The SMILES string of the molecule is COc1cccc([C@H]2C(C(=O)OC3CCCCC3)=C(C)NC3=C2C(=O)CCC3)c1OC. The second-order valence-corrected chi connectivity index (χ2v) is 8.51. The lowest BCUT2D eigenvalue weighted by atomic mass is 9.75. The van der Waals surface area contributed by atoms with Crippen LogP contribution in [-0.4, -0.2) is 32.1 Å². The summed E-state index contributed by atoms with van der Waals surface area (Å²) in [6.07, 6.45) is 7.14. The highest BCUT2D eigenvalue weighted by Crippen LogP contribution is 2.47. The summed E-state index contributed by atoms with van der Waals surface area (Å²) in [5.41, 5.74) is 3.54. The molecule has 166 valence electrons. The molecular weight excluding hydrogens is 394 g/mol. The monoisotopic (exact) mass is 425 g/mol. The van der Waals surface area contributed by atoms with E-state index >= 15 is 0 Å². The minimum Gasteiger partial charge on any atom is -0.493 e. The van der Waals surface area contributed by atoms with Gasteiger partial charge in [-0.25, -0.2) is 4.79 Å². The largest absolute Gasteiger partial charge is 0.493 e. The Morgan fingerprint density at radius 1 is 1.03 bits per heavy atom. The standard InChI is InChI=1S/C25H31NO5/c1-15-21(25(28)31-16-9-5-4-6-10-16)22(23-18(26-15)12-8-13-19(23)27)17-11-7-14-20(29-2)24(17)30-3/h7,11,14,16,22,26H,4-6,8-10,12-13H2,1-3H3/t22-/m0/s1. The Labute approximate surface area is 183 Å². The molecule has 1 aromatic rings. The Bertz CT molecular complexity index is 939. The van der Waals surface area contributed by atoms with Gasteiger partial charge in [0.1, 0.15) is 6.10 Å². The molecule has 0 amide bonds. The van der Waals surface area contributed by atoms with Gasteiger partial charge < -0.3 is 19.5 Å². The highest BCUT2D eigenvalue weighted by atomic mass is 16.5. The van der Waals surface area contributed by atoms with Crippen molar-refractivity contribution >= 4 is 11.8 Å². The molecule has 1 heterocycles. The van der Waals surface area contributed by atoms with Crippen molar-refractivity contribution in [1.82, 2.24) is 5.32 Å². The van der Waals surface area contributed by atoms with Crippen molar-refractivity contribution in [3.05, 3.63) is 46.3 Å². The maximum Gasteiger partial charge on any atom is 0.337 e. The Balaban J connectivity index is 1.81. The fourth-order valence-corrected chi connectivity index (χ4v) is 5.10. The predicted molar refractivity (Wildman–Crippen MR) is 117 cm³/mol. The van der Waals surface area contributed by atoms with Crippen molar-refractivity contribution < 1.29 is 23.8 Å². The lowest BCUT2D eigenvalue weighted by Crippen LogP contribution is -2.35. The predicted octanol–water partition coefficient (Wildman–Crippen LogP) is 4.55. The van der Waals surface area contributed by atoms with Crippen LogP contribution in [0.5, 0.6) is 11.5 Å². The van der Waals surface area contributed by atoms with Gasteiger partial charge in [0.25, 0.3) is 0 Å². The number of esters is 1. The van der Waals surface area contributed by atoms with E-state index in [2.05, 4.69) is 5.32 Å². The number of Topliss-reactive ketones (excluding diaryl/α,β-unsaturated/α-hetero) is 1. The first kappa shape index (κ1) is 21.5. The molecule has 0 saturated heterocycles. The third-order valence-electron chi connectivity index (χ3n) is 6.57. The van der Waals surface area contributed by atoms with Gasteiger partial charge in [0.05, 0.1) is 25.7 Å². The number of carbonyl (C=O) groups excluding carboxylic acids is 2. The van der Waals surface area contributed by atoms with Crippen LogP contribution in [-0.2, 0) is 14.3 Å². The number of para-hydroxylation sites is 1. The van der Waals surface area contributed by atoms with E-state index in [1.807, 2.05) is 25.1 Å². The molecule has 4 rings (SSSR count). The molecule has 6 nitrogen and oxygen atoms in total. The van der Waals surface area contributed by atoms with Crippen molar-refractivity contribution in [3.63, 3.8) is 0 Å². The molecule has 1 saturated carbocycles. The van der Waals surface area contributed by atoms with Gasteiger partial charge in [-0.3, -0.25) is 4.79 Å². The van der Waals surface area contributed by atoms with E-state index in [4.69, 9.17) is 14.2 Å².